The second kappa shape index (κ2) is 6.34. The van der Waals surface area contributed by atoms with Gasteiger partial charge >= 0.3 is 0 Å². The summed E-state index contributed by atoms with van der Waals surface area (Å²) in [5.74, 6) is 0.300. The molecule has 1 aliphatic carbocycles. The van der Waals surface area contributed by atoms with Crippen molar-refractivity contribution >= 4 is 11.8 Å². The van der Waals surface area contributed by atoms with Crippen LogP contribution < -0.4 is 5.32 Å². The fourth-order valence-corrected chi connectivity index (χ4v) is 2.42. The van der Waals surface area contributed by atoms with Crippen LogP contribution in [0.4, 0.5) is 0 Å². The van der Waals surface area contributed by atoms with Crippen molar-refractivity contribution in [1.82, 2.24) is 10.2 Å². The third-order valence-electron chi connectivity index (χ3n) is 3.59. The van der Waals surface area contributed by atoms with Gasteiger partial charge in [-0.05, 0) is 25.7 Å². The minimum Gasteiger partial charge on any atom is -0.382 e. The van der Waals surface area contributed by atoms with Gasteiger partial charge in [-0.1, -0.05) is 0 Å². The molecule has 2 fully saturated rings. The molecule has 6 nitrogen and oxygen atoms in total. The van der Waals surface area contributed by atoms with E-state index >= 15 is 0 Å². The van der Waals surface area contributed by atoms with Gasteiger partial charge in [0.1, 0.15) is 12.1 Å². The van der Waals surface area contributed by atoms with Crippen molar-refractivity contribution in [3.8, 4) is 0 Å². The smallest absolute Gasteiger partial charge is 0.245 e. The lowest BCUT2D eigenvalue weighted by Crippen LogP contribution is -2.63. The highest BCUT2D eigenvalue weighted by Gasteiger charge is 2.46. The first-order chi connectivity index (χ1) is 9.15. The number of hydrogen-bond acceptors (Lipinski definition) is 4. The Balaban J connectivity index is 1.88. The molecule has 1 aliphatic heterocycles. The van der Waals surface area contributed by atoms with Gasteiger partial charge in [0.2, 0.25) is 11.8 Å². The Kier molecular flexibility index (Phi) is 4.76. The van der Waals surface area contributed by atoms with Crippen molar-refractivity contribution in [2.24, 2.45) is 5.92 Å². The number of amides is 2. The maximum absolute atomic E-state index is 12.2. The van der Waals surface area contributed by atoms with Crippen LogP contribution in [0.5, 0.6) is 0 Å². The molecule has 19 heavy (non-hydrogen) atoms. The summed E-state index contributed by atoms with van der Waals surface area (Å²) in [6, 6.07) is -0.726. The Hall–Kier alpha value is -1.14. The predicted octanol–water partition coefficient (Wildman–Crippen LogP) is -0.225. The van der Waals surface area contributed by atoms with Gasteiger partial charge in [-0.15, -0.1) is 0 Å². The molecule has 0 aromatic carbocycles. The van der Waals surface area contributed by atoms with Crippen LogP contribution in [0.1, 0.15) is 19.8 Å². The number of piperazine rings is 1. The maximum Gasteiger partial charge on any atom is 0.245 e. The average Bonchev–Trinajstić information content (AvgIpc) is 3.19. The second-order valence-corrected chi connectivity index (χ2v) is 5.15. The van der Waals surface area contributed by atoms with Gasteiger partial charge in [0.25, 0.3) is 0 Å². The van der Waals surface area contributed by atoms with Crippen molar-refractivity contribution < 1.29 is 19.1 Å². The van der Waals surface area contributed by atoms with Gasteiger partial charge < -0.3 is 19.7 Å². The minimum atomic E-state index is -0.429. The minimum absolute atomic E-state index is 0.00755. The normalized spacial score (nSPS) is 27.6. The van der Waals surface area contributed by atoms with E-state index in [-0.39, 0.29) is 17.9 Å². The number of nitrogens with zero attached hydrogens (tertiary/aromatic N) is 1. The lowest BCUT2D eigenvalue weighted by Gasteiger charge is -2.38. The third-order valence-corrected chi connectivity index (χ3v) is 3.59. The van der Waals surface area contributed by atoms with Gasteiger partial charge in [0.05, 0.1) is 19.8 Å². The predicted molar refractivity (Wildman–Crippen MR) is 68.5 cm³/mol. The number of hydrogen-bond donors (Lipinski definition) is 1. The van der Waals surface area contributed by atoms with Crippen LogP contribution in [0, 0.1) is 5.92 Å². The van der Waals surface area contributed by atoms with E-state index in [1.165, 1.54) is 0 Å². The molecule has 1 N–H and O–H groups in total. The number of nitrogens with one attached hydrogen (secondary N) is 1. The van der Waals surface area contributed by atoms with Gasteiger partial charge in [0, 0.05) is 13.7 Å². The maximum atomic E-state index is 12.2. The van der Waals surface area contributed by atoms with Crippen molar-refractivity contribution in [2.45, 2.75) is 31.8 Å². The molecule has 1 saturated carbocycles. The topological polar surface area (TPSA) is 67.9 Å². The quantitative estimate of drug-likeness (QED) is 0.649. The van der Waals surface area contributed by atoms with E-state index in [2.05, 4.69) is 5.32 Å². The van der Waals surface area contributed by atoms with E-state index in [4.69, 9.17) is 9.47 Å². The molecule has 0 radical (unpaired) electrons. The molecule has 2 unspecified atom stereocenters. The van der Waals surface area contributed by atoms with Crippen LogP contribution >= 0.6 is 0 Å². The zero-order valence-electron chi connectivity index (χ0n) is 11.6. The first-order valence-electron chi connectivity index (χ1n) is 6.82. The standard InChI is InChI=1S/C13H22N2O4/c1-9-13(17)15(5-6-19-8-7-18-2)11(10-3-4-10)12(16)14-9/h9-11H,3-8H2,1-2H3,(H,14,16). The van der Waals surface area contributed by atoms with Crippen molar-refractivity contribution in [3.63, 3.8) is 0 Å². The monoisotopic (exact) mass is 270 g/mol. The second-order valence-electron chi connectivity index (χ2n) is 5.15. The summed E-state index contributed by atoms with van der Waals surface area (Å²) in [5.41, 5.74) is 0. The van der Waals surface area contributed by atoms with Crippen LogP contribution in [0.15, 0.2) is 0 Å². The van der Waals surface area contributed by atoms with E-state index in [1.54, 1.807) is 18.9 Å². The van der Waals surface area contributed by atoms with Crippen LogP contribution in [0.2, 0.25) is 0 Å². The van der Waals surface area contributed by atoms with Crippen molar-refractivity contribution in [1.29, 1.82) is 0 Å². The largest absolute Gasteiger partial charge is 0.382 e. The Morgan fingerprint density at radius 2 is 2.00 bits per heavy atom. The molecular weight excluding hydrogens is 248 g/mol. The number of carbonyl (C=O) groups excluding carboxylic acids is 2. The molecule has 2 amide bonds. The Morgan fingerprint density at radius 1 is 1.26 bits per heavy atom. The summed E-state index contributed by atoms with van der Waals surface area (Å²) in [6.07, 6.45) is 2.06. The summed E-state index contributed by atoms with van der Waals surface area (Å²) in [6.45, 7) is 3.69. The fourth-order valence-electron chi connectivity index (χ4n) is 2.42. The molecular formula is C13H22N2O4. The molecule has 0 aromatic rings. The molecule has 2 aliphatic rings. The Labute approximate surface area is 113 Å². The number of methoxy groups -OCH3 is 1. The Morgan fingerprint density at radius 3 is 2.63 bits per heavy atom. The van der Waals surface area contributed by atoms with Gasteiger partial charge in [-0.25, -0.2) is 0 Å². The number of ether oxygens (including phenoxy) is 2. The lowest BCUT2D eigenvalue weighted by molar-refractivity contribution is -0.150. The molecule has 108 valence electrons. The average molecular weight is 270 g/mol. The number of rotatable bonds is 7. The summed E-state index contributed by atoms with van der Waals surface area (Å²) in [7, 11) is 1.62. The van der Waals surface area contributed by atoms with E-state index < -0.39 is 6.04 Å². The van der Waals surface area contributed by atoms with Gasteiger partial charge in [-0.2, -0.15) is 0 Å². The highest BCUT2D eigenvalue weighted by Crippen LogP contribution is 2.36. The molecule has 2 atom stereocenters. The van der Waals surface area contributed by atoms with Crippen LogP contribution in [0.3, 0.4) is 0 Å². The van der Waals surface area contributed by atoms with Gasteiger partial charge in [-0.3, -0.25) is 9.59 Å². The number of carbonyl (C=O) groups is 2. The van der Waals surface area contributed by atoms with E-state index in [9.17, 15) is 9.59 Å². The third kappa shape index (κ3) is 3.45. The van der Waals surface area contributed by atoms with Crippen LogP contribution in [-0.2, 0) is 19.1 Å². The van der Waals surface area contributed by atoms with Crippen molar-refractivity contribution in [2.75, 3.05) is 33.5 Å². The lowest BCUT2D eigenvalue weighted by atomic mass is 10.0. The van der Waals surface area contributed by atoms with E-state index in [1.807, 2.05) is 0 Å². The van der Waals surface area contributed by atoms with Crippen LogP contribution in [-0.4, -0.2) is 62.3 Å². The molecule has 0 bridgehead atoms. The Bertz CT molecular complexity index is 344. The summed E-state index contributed by atoms with van der Waals surface area (Å²) in [5, 5.41) is 2.75. The fraction of sp³-hybridized carbons (Fsp3) is 0.846. The molecule has 0 aromatic heterocycles. The SMILES string of the molecule is COCCOCCN1C(=O)C(C)NC(=O)C1C1CC1. The first kappa shape index (κ1) is 14.3. The first-order valence-corrected chi connectivity index (χ1v) is 6.82. The zero-order valence-corrected chi connectivity index (χ0v) is 11.6. The van der Waals surface area contributed by atoms with Crippen molar-refractivity contribution in [3.05, 3.63) is 0 Å². The highest BCUT2D eigenvalue weighted by atomic mass is 16.5. The molecule has 2 rings (SSSR count). The highest BCUT2D eigenvalue weighted by molar-refractivity contribution is 5.97. The van der Waals surface area contributed by atoms with E-state index in [0.717, 1.165) is 12.8 Å². The summed E-state index contributed by atoms with van der Waals surface area (Å²) < 4.78 is 10.3. The molecule has 1 saturated heterocycles. The molecule has 0 spiro atoms. The summed E-state index contributed by atoms with van der Waals surface area (Å²) >= 11 is 0. The zero-order chi connectivity index (χ0) is 13.8. The van der Waals surface area contributed by atoms with Crippen LogP contribution in [0.25, 0.3) is 0 Å². The summed E-state index contributed by atoms with van der Waals surface area (Å²) in [4.78, 5) is 25.9. The molecule has 1 heterocycles. The van der Waals surface area contributed by atoms with E-state index in [0.29, 0.717) is 32.3 Å². The van der Waals surface area contributed by atoms with Gasteiger partial charge in [0.15, 0.2) is 0 Å². The molecule has 6 heteroatoms.